The SMILES string of the molecule is CC[C@@H](C)n1nccc1C=O. The predicted molar refractivity (Wildman–Crippen MR) is 42.6 cm³/mol. The minimum atomic E-state index is 0.310. The monoisotopic (exact) mass is 152 g/mol. The van der Waals surface area contributed by atoms with E-state index in [-0.39, 0.29) is 0 Å². The molecule has 0 spiro atoms. The van der Waals surface area contributed by atoms with E-state index in [9.17, 15) is 4.79 Å². The van der Waals surface area contributed by atoms with E-state index in [1.807, 2.05) is 6.92 Å². The molecule has 11 heavy (non-hydrogen) atoms. The highest BCUT2D eigenvalue weighted by Crippen LogP contribution is 2.09. The Bertz CT molecular complexity index is 242. The van der Waals surface area contributed by atoms with Crippen molar-refractivity contribution in [3.63, 3.8) is 0 Å². The Balaban J connectivity index is 2.92. The summed E-state index contributed by atoms with van der Waals surface area (Å²) in [6.07, 6.45) is 3.47. The number of carbonyl (C=O) groups is 1. The zero-order valence-corrected chi connectivity index (χ0v) is 6.82. The Morgan fingerprint density at radius 3 is 3.09 bits per heavy atom. The number of hydrogen-bond donors (Lipinski definition) is 0. The van der Waals surface area contributed by atoms with E-state index >= 15 is 0 Å². The largest absolute Gasteiger partial charge is 0.296 e. The van der Waals surface area contributed by atoms with Crippen LogP contribution in [0, 0.1) is 0 Å². The van der Waals surface area contributed by atoms with Crippen LogP contribution in [0.25, 0.3) is 0 Å². The zero-order valence-electron chi connectivity index (χ0n) is 6.82. The molecule has 3 nitrogen and oxygen atoms in total. The van der Waals surface area contributed by atoms with Crippen molar-refractivity contribution in [2.45, 2.75) is 26.3 Å². The van der Waals surface area contributed by atoms with Crippen LogP contribution in [0.1, 0.15) is 36.8 Å². The van der Waals surface area contributed by atoms with Crippen LogP contribution in [-0.4, -0.2) is 16.1 Å². The van der Waals surface area contributed by atoms with Crippen LogP contribution < -0.4 is 0 Å². The topological polar surface area (TPSA) is 34.9 Å². The first-order valence-electron chi connectivity index (χ1n) is 3.78. The van der Waals surface area contributed by atoms with Crippen molar-refractivity contribution in [2.24, 2.45) is 0 Å². The molecule has 1 aromatic rings. The molecule has 0 unspecified atom stereocenters. The molecule has 0 fully saturated rings. The van der Waals surface area contributed by atoms with Crippen LogP contribution >= 0.6 is 0 Å². The smallest absolute Gasteiger partial charge is 0.168 e. The summed E-state index contributed by atoms with van der Waals surface area (Å²) in [4.78, 5) is 10.4. The van der Waals surface area contributed by atoms with Gasteiger partial charge in [0, 0.05) is 12.2 Å². The van der Waals surface area contributed by atoms with E-state index in [2.05, 4.69) is 12.0 Å². The molecule has 1 rings (SSSR count). The highest BCUT2D eigenvalue weighted by atomic mass is 16.1. The average Bonchev–Trinajstić information content (AvgIpc) is 2.50. The van der Waals surface area contributed by atoms with Crippen molar-refractivity contribution in [1.29, 1.82) is 0 Å². The number of carbonyl (C=O) groups excluding carboxylic acids is 1. The minimum absolute atomic E-state index is 0.310. The average molecular weight is 152 g/mol. The van der Waals surface area contributed by atoms with Gasteiger partial charge in [-0.25, -0.2) is 0 Å². The fourth-order valence-corrected chi connectivity index (χ4v) is 0.959. The zero-order chi connectivity index (χ0) is 8.27. The summed E-state index contributed by atoms with van der Waals surface area (Å²) in [5, 5.41) is 4.04. The van der Waals surface area contributed by atoms with Crippen molar-refractivity contribution < 1.29 is 4.79 Å². The van der Waals surface area contributed by atoms with Gasteiger partial charge in [0.15, 0.2) is 6.29 Å². The molecular formula is C8H12N2O. The van der Waals surface area contributed by atoms with E-state index in [4.69, 9.17) is 0 Å². The lowest BCUT2D eigenvalue weighted by Crippen LogP contribution is -2.08. The summed E-state index contributed by atoms with van der Waals surface area (Å²) in [5.74, 6) is 0. The Hall–Kier alpha value is -1.12. The number of hydrogen-bond acceptors (Lipinski definition) is 2. The highest BCUT2D eigenvalue weighted by Gasteiger charge is 2.05. The first-order chi connectivity index (χ1) is 5.29. The molecule has 1 aromatic heterocycles. The summed E-state index contributed by atoms with van der Waals surface area (Å²) < 4.78 is 1.74. The van der Waals surface area contributed by atoms with Gasteiger partial charge in [0.2, 0.25) is 0 Å². The van der Waals surface area contributed by atoms with Gasteiger partial charge in [-0.2, -0.15) is 5.10 Å². The van der Waals surface area contributed by atoms with E-state index in [1.54, 1.807) is 16.9 Å². The van der Waals surface area contributed by atoms with Crippen LogP contribution in [0.15, 0.2) is 12.3 Å². The van der Waals surface area contributed by atoms with Gasteiger partial charge in [-0.3, -0.25) is 9.48 Å². The minimum Gasteiger partial charge on any atom is -0.296 e. The Kier molecular flexibility index (Phi) is 2.41. The number of nitrogens with zero attached hydrogens (tertiary/aromatic N) is 2. The fourth-order valence-electron chi connectivity index (χ4n) is 0.959. The highest BCUT2D eigenvalue weighted by molar-refractivity contribution is 5.71. The number of aldehydes is 1. The summed E-state index contributed by atoms with van der Waals surface area (Å²) in [7, 11) is 0. The van der Waals surface area contributed by atoms with Gasteiger partial charge in [0.25, 0.3) is 0 Å². The lowest BCUT2D eigenvalue weighted by Gasteiger charge is -2.09. The lowest BCUT2D eigenvalue weighted by molar-refractivity contribution is 0.111. The third kappa shape index (κ3) is 1.48. The van der Waals surface area contributed by atoms with Crippen LogP contribution in [-0.2, 0) is 0 Å². The van der Waals surface area contributed by atoms with Gasteiger partial charge >= 0.3 is 0 Å². The Labute approximate surface area is 66.0 Å². The van der Waals surface area contributed by atoms with Crippen molar-refractivity contribution in [1.82, 2.24) is 9.78 Å². The maximum absolute atomic E-state index is 10.4. The summed E-state index contributed by atoms with van der Waals surface area (Å²) in [6, 6.07) is 2.03. The lowest BCUT2D eigenvalue weighted by atomic mass is 10.2. The van der Waals surface area contributed by atoms with Gasteiger partial charge in [-0.15, -0.1) is 0 Å². The van der Waals surface area contributed by atoms with Crippen molar-refractivity contribution in [2.75, 3.05) is 0 Å². The van der Waals surface area contributed by atoms with E-state index in [0.29, 0.717) is 11.7 Å². The Morgan fingerprint density at radius 1 is 1.82 bits per heavy atom. The number of rotatable bonds is 3. The van der Waals surface area contributed by atoms with Crippen LogP contribution in [0.5, 0.6) is 0 Å². The van der Waals surface area contributed by atoms with Gasteiger partial charge in [0.1, 0.15) is 5.69 Å². The first-order valence-corrected chi connectivity index (χ1v) is 3.78. The van der Waals surface area contributed by atoms with Gasteiger partial charge < -0.3 is 0 Å². The second kappa shape index (κ2) is 3.32. The molecule has 1 heterocycles. The van der Waals surface area contributed by atoms with Crippen LogP contribution in [0.3, 0.4) is 0 Å². The molecule has 0 saturated heterocycles. The molecule has 0 radical (unpaired) electrons. The first kappa shape index (κ1) is 7.98. The molecule has 0 aliphatic heterocycles. The third-order valence-electron chi connectivity index (χ3n) is 1.83. The normalized spacial score (nSPS) is 12.9. The van der Waals surface area contributed by atoms with E-state index in [0.717, 1.165) is 12.7 Å². The quantitative estimate of drug-likeness (QED) is 0.617. The van der Waals surface area contributed by atoms with Crippen LogP contribution in [0.4, 0.5) is 0 Å². The summed E-state index contributed by atoms with van der Waals surface area (Å²) >= 11 is 0. The molecule has 0 N–H and O–H groups in total. The molecule has 0 amide bonds. The standard InChI is InChI=1S/C8H12N2O/c1-3-7(2)10-8(6-11)4-5-9-10/h4-7H,3H2,1-2H3/t7-/m1/s1. The molecule has 60 valence electrons. The maximum Gasteiger partial charge on any atom is 0.168 e. The van der Waals surface area contributed by atoms with Gasteiger partial charge in [-0.1, -0.05) is 6.92 Å². The van der Waals surface area contributed by atoms with Gasteiger partial charge in [0.05, 0.1) is 0 Å². The van der Waals surface area contributed by atoms with Crippen molar-refractivity contribution >= 4 is 6.29 Å². The molecule has 0 bridgehead atoms. The molecule has 0 aromatic carbocycles. The predicted octanol–water partition coefficient (Wildman–Crippen LogP) is 1.67. The van der Waals surface area contributed by atoms with Crippen molar-refractivity contribution in [3.05, 3.63) is 18.0 Å². The summed E-state index contributed by atoms with van der Waals surface area (Å²) in [5.41, 5.74) is 0.652. The van der Waals surface area contributed by atoms with Crippen molar-refractivity contribution in [3.8, 4) is 0 Å². The molecular weight excluding hydrogens is 140 g/mol. The molecule has 0 aliphatic rings. The number of aromatic nitrogens is 2. The van der Waals surface area contributed by atoms with E-state index < -0.39 is 0 Å². The second-order valence-electron chi connectivity index (χ2n) is 2.58. The molecule has 1 atom stereocenters. The molecule has 3 heteroatoms. The van der Waals surface area contributed by atoms with Crippen LogP contribution in [0.2, 0.25) is 0 Å². The molecule has 0 saturated carbocycles. The second-order valence-corrected chi connectivity index (χ2v) is 2.58. The molecule has 0 aliphatic carbocycles. The maximum atomic E-state index is 10.4. The van der Waals surface area contributed by atoms with E-state index in [1.165, 1.54) is 0 Å². The Morgan fingerprint density at radius 2 is 2.55 bits per heavy atom. The van der Waals surface area contributed by atoms with Gasteiger partial charge in [-0.05, 0) is 19.4 Å². The third-order valence-corrected chi connectivity index (χ3v) is 1.83. The fraction of sp³-hybridized carbons (Fsp3) is 0.500. The summed E-state index contributed by atoms with van der Waals surface area (Å²) in [6.45, 7) is 4.11.